The first kappa shape index (κ1) is 13.5. The van der Waals surface area contributed by atoms with Gasteiger partial charge in [0.05, 0.1) is 11.1 Å². The zero-order valence-electron chi connectivity index (χ0n) is 11.1. The lowest BCUT2D eigenvalue weighted by atomic mass is 9.94. The Hall–Kier alpha value is -1.89. The summed E-state index contributed by atoms with van der Waals surface area (Å²) in [6.07, 6.45) is 2.21. The zero-order chi connectivity index (χ0) is 14.2. The molecule has 0 aliphatic carbocycles. The standard InChI is InChI=1S/C12H18N4O3/c1-8-3-4-15(7-10(8)13)12(17)11-5-9(16(18)19)6-14(11)2/h5-6,8,10H,3-4,7,13H2,1-2H3. The van der Waals surface area contributed by atoms with E-state index in [9.17, 15) is 14.9 Å². The van der Waals surface area contributed by atoms with Crippen LogP contribution in [0.2, 0.25) is 0 Å². The van der Waals surface area contributed by atoms with Gasteiger partial charge < -0.3 is 15.2 Å². The molecule has 1 amide bonds. The monoisotopic (exact) mass is 266 g/mol. The van der Waals surface area contributed by atoms with E-state index in [2.05, 4.69) is 6.92 Å². The highest BCUT2D eigenvalue weighted by Gasteiger charge is 2.29. The summed E-state index contributed by atoms with van der Waals surface area (Å²) in [4.78, 5) is 24.2. The van der Waals surface area contributed by atoms with Crippen molar-refractivity contribution in [1.29, 1.82) is 0 Å². The van der Waals surface area contributed by atoms with Crippen molar-refractivity contribution in [2.24, 2.45) is 18.7 Å². The van der Waals surface area contributed by atoms with Gasteiger partial charge in [-0.1, -0.05) is 6.92 Å². The van der Waals surface area contributed by atoms with Gasteiger partial charge in [0.1, 0.15) is 5.69 Å². The van der Waals surface area contributed by atoms with Crippen LogP contribution in [0.3, 0.4) is 0 Å². The van der Waals surface area contributed by atoms with Crippen LogP contribution in [-0.2, 0) is 7.05 Å². The van der Waals surface area contributed by atoms with Gasteiger partial charge in [-0.3, -0.25) is 14.9 Å². The van der Waals surface area contributed by atoms with Crippen LogP contribution in [0.25, 0.3) is 0 Å². The molecule has 7 heteroatoms. The second-order valence-electron chi connectivity index (χ2n) is 5.13. The molecule has 2 heterocycles. The Morgan fingerprint density at radius 3 is 2.79 bits per heavy atom. The fourth-order valence-corrected chi connectivity index (χ4v) is 2.31. The van der Waals surface area contributed by atoms with E-state index in [4.69, 9.17) is 5.73 Å². The van der Waals surface area contributed by atoms with Crippen LogP contribution in [0.1, 0.15) is 23.8 Å². The van der Waals surface area contributed by atoms with Crippen molar-refractivity contribution in [3.05, 3.63) is 28.1 Å². The maximum Gasteiger partial charge on any atom is 0.287 e. The fourth-order valence-electron chi connectivity index (χ4n) is 2.31. The Morgan fingerprint density at radius 1 is 1.58 bits per heavy atom. The van der Waals surface area contributed by atoms with Gasteiger partial charge >= 0.3 is 0 Å². The number of piperidine rings is 1. The molecule has 1 aromatic heterocycles. The molecule has 1 fully saturated rings. The fraction of sp³-hybridized carbons (Fsp3) is 0.583. The first-order chi connectivity index (χ1) is 8.90. The number of nitrogens with two attached hydrogens (primary N) is 1. The summed E-state index contributed by atoms with van der Waals surface area (Å²) in [6.45, 7) is 3.21. The van der Waals surface area contributed by atoms with Gasteiger partial charge in [0.15, 0.2) is 0 Å². The van der Waals surface area contributed by atoms with E-state index in [0.717, 1.165) is 6.42 Å². The summed E-state index contributed by atoms with van der Waals surface area (Å²) in [5.41, 5.74) is 6.23. The average molecular weight is 266 g/mol. The van der Waals surface area contributed by atoms with Crippen LogP contribution in [0, 0.1) is 16.0 Å². The molecule has 0 radical (unpaired) electrons. The molecule has 1 aliphatic rings. The van der Waals surface area contributed by atoms with Crippen molar-refractivity contribution in [2.75, 3.05) is 13.1 Å². The number of carbonyl (C=O) groups excluding carboxylic acids is 1. The van der Waals surface area contributed by atoms with Crippen LogP contribution in [0.4, 0.5) is 5.69 Å². The van der Waals surface area contributed by atoms with E-state index in [-0.39, 0.29) is 17.6 Å². The van der Waals surface area contributed by atoms with E-state index in [1.807, 2.05) is 0 Å². The Labute approximate surface area is 111 Å². The molecule has 19 heavy (non-hydrogen) atoms. The number of aryl methyl sites for hydroxylation is 1. The molecule has 2 atom stereocenters. The van der Waals surface area contributed by atoms with Gasteiger partial charge in [0.25, 0.3) is 11.6 Å². The van der Waals surface area contributed by atoms with E-state index in [0.29, 0.717) is 24.7 Å². The predicted molar refractivity (Wildman–Crippen MR) is 69.7 cm³/mol. The number of nitro groups is 1. The van der Waals surface area contributed by atoms with Crippen LogP contribution in [-0.4, -0.2) is 39.4 Å². The molecular formula is C12H18N4O3. The average Bonchev–Trinajstić information content (AvgIpc) is 2.74. The molecule has 2 unspecified atom stereocenters. The lowest BCUT2D eigenvalue weighted by molar-refractivity contribution is -0.384. The SMILES string of the molecule is CC1CCN(C(=O)c2cc([N+](=O)[O-])cn2C)CC1N. The highest BCUT2D eigenvalue weighted by molar-refractivity contribution is 5.93. The van der Waals surface area contributed by atoms with E-state index < -0.39 is 4.92 Å². The Kier molecular flexibility index (Phi) is 3.57. The zero-order valence-corrected chi connectivity index (χ0v) is 11.1. The third-order valence-corrected chi connectivity index (χ3v) is 3.72. The van der Waals surface area contributed by atoms with Crippen molar-refractivity contribution in [3.63, 3.8) is 0 Å². The molecule has 1 saturated heterocycles. The van der Waals surface area contributed by atoms with Crippen molar-refractivity contribution < 1.29 is 9.72 Å². The van der Waals surface area contributed by atoms with Gasteiger partial charge in [-0.2, -0.15) is 0 Å². The summed E-state index contributed by atoms with van der Waals surface area (Å²) < 4.78 is 1.49. The lowest BCUT2D eigenvalue weighted by Gasteiger charge is -2.35. The van der Waals surface area contributed by atoms with Gasteiger partial charge in [-0.25, -0.2) is 0 Å². The van der Waals surface area contributed by atoms with E-state index in [1.165, 1.54) is 16.8 Å². The van der Waals surface area contributed by atoms with Crippen LogP contribution < -0.4 is 5.73 Å². The van der Waals surface area contributed by atoms with Gasteiger partial charge in [-0.05, 0) is 12.3 Å². The molecule has 1 aliphatic heterocycles. The quantitative estimate of drug-likeness (QED) is 0.631. The first-order valence-corrected chi connectivity index (χ1v) is 6.25. The number of likely N-dealkylation sites (tertiary alicyclic amines) is 1. The molecule has 1 aromatic rings. The highest BCUT2D eigenvalue weighted by Crippen LogP contribution is 2.20. The minimum atomic E-state index is -0.499. The third-order valence-electron chi connectivity index (χ3n) is 3.72. The molecule has 0 aromatic carbocycles. The van der Waals surface area contributed by atoms with Crippen molar-refractivity contribution in [2.45, 2.75) is 19.4 Å². The van der Waals surface area contributed by atoms with E-state index in [1.54, 1.807) is 11.9 Å². The van der Waals surface area contributed by atoms with Crippen LogP contribution >= 0.6 is 0 Å². The number of aromatic nitrogens is 1. The van der Waals surface area contributed by atoms with Gasteiger partial charge in [0, 0.05) is 32.2 Å². The number of nitrogens with zero attached hydrogens (tertiary/aromatic N) is 3. The largest absolute Gasteiger partial charge is 0.340 e. The number of hydrogen-bond acceptors (Lipinski definition) is 4. The second kappa shape index (κ2) is 5.00. The number of rotatable bonds is 2. The minimum absolute atomic E-state index is 0.0343. The van der Waals surface area contributed by atoms with Crippen molar-refractivity contribution in [1.82, 2.24) is 9.47 Å². The van der Waals surface area contributed by atoms with Crippen LogP contribution in [0.15, 0.2) is 12.3 Å². The van der Waals surface area contributed by atoms with Crippen molar-refractivity contribution in [3.8, 4) is 0 Å². The summed E-state index contributed by atoms with van der Waals surface area (Å²) >= 11 is 0. The number of carbonyl (C=O) groups is 1. The molecule has 2 rings (SSSR count). The smallest absolute Gasteiger partial charge is 0.287 e. The normalized spacial score (nSPS) is 23.4. The van der Waals surface area contributed by atoms with E-state index >= 15 is 0 Å². The molecule has 0 bridgehead atoms. The number of amides is 1. The van der Waals surface area contributed by atoms with Crippen molar-refractivity contribution >= 4 is 11.6 Å². The molecule has 104 valence electrons. The molecule has 0 saturated carbocycles. The lowest BCUT2D eigenvalue weighted by Crippen LogP contribution is -2.50. The summed E-state index contributed by atoms with van der Waals surface area (Å²) in [5, 5.41) is 10.7. The molecule has 0 spiro atoms. The Balaban J connectivity index is 2.18. The maximum atomic E-state index is 12.3. The third kappa shape index (κ3) is 2.60. The second-order valence-corrected chi connectivity index (χ2v) is 5.13. The topological polar surface area (TPSA) is 94.4 Å². The summed E-state index contributed by atoms with van der Waals surface area (Å²) in [5.74, 6) is 0.199. The van der Waals surface area contributed by atoms with Gasteiger partial charge in [-0.15, -0.1) is 0 Å². The highest BCUT2D eigenvalue weighted by atomic mass is 16.6. The Bertz CT molecular complexity index is 511. The van der Waals surface area contributed by atoms with Gasteiger partial charge in [0.2, 0.25) is 0 Å². The molecule has 7 nitrogen and oxygen atoms in total. The molecular weight excluding hydrogens is 248 g/mol. The summed E-state index contributed by atoms with van der Waals surface area (Å²) in [7, 11) is 1.63. The Morgan fingerprint density at radius 2 is 2.26 bits per heavy atom. The van der Waals surface area contributed by atoms with Crippen LogP contribution in [0.5, 0.6) is 0 Å². The first-order valence-electron chi connectivity index (χ1n) is 6.25. The predicted octanol–water partition coefficient (Wildman–Crippen LogP) is 0.743. The maximum absolute atomic E-state index is 12.3. The number of hydrogen-bond donors (Lipinski definition) is 1. The summed E-state index contributed by atoms with van der Waals surface area (Å²) in [6, 6.07) is 1.28. The molecule has 2 N–H and O–H groups in total. The minimum Gasteiger partial charge on any atom is -0.340 e.